The van der Waals surface area contributed by atoms with Gasteiger partial charge in [-0.25, -0.2) is 22.0 Å². The second-order valence-corrected chi connectivity index (χ2v) is 9.62. The van der Waals surface area contributed by atoms with E-state index in [0.29, 0.717) is 38.9 Å². The Balaban J connectivity index is 1.50. The van der Waals surface area contributed by atoms with E-state index >= 15 is 0 Å². The molecule has 37 heavy (non-hydrogen) atoms. The third kappa shape index (κ3) is 5.48. The molecule has 0 aliphatic carbocycles. The predicted molar refractivity (Wildman–Crippen MR) is 137 cm³/mol. The SMILES string of the molecule is Cc1nn(Cc2c(F)c(F)c(F)c(F)c2F)c(C)c1NC(=S)Nc1nn(Cc2ccccc2Cl)cc1Br. The van der Waals surface area contributed by atoms with Gasteiger partial charge in [0.1, 0.15) is 0 Å². The number of hydrogen-bond acceptors (Lipinski definition) is 3. The average Bonchev–Trinajstić information content (AvgIpc) is 3.33. The van der Waals surface area contributed by atoms with Crippen LogP contribution in [0.3, 0.4) is 0 Å². The highest BCUT2D eigenvalue weighted by molar-refractivity contribution is 9.10. The van der Waals surface area contributed by atoms with Crippen LogP contribution in [0.2, 0.25) is 5.02 Å². The van der Waals surface area contributed by atoms with E-state index < -0.39 is 41.2 Å². The van der Waals surface area contributed by atoms with E-state index in [1.165, 1.54) is 0 Å². The summed E-state index contributed by atoms with van der Waals surface area (Å²) >= 11 is 15.0. The lowest BCUT2D eigenvalue weighted by Crippen LogP contribution is -2.20. The zero-order valence-electron chi connectivity index (χ0n) is 19.1. The van der Waals surface area contributed by atoms with Gasteiger partial charge in [-0.2, -0.15) is 10.2 Å². The molecule has 2 aromatic heterocycles. The van der Waals surface area contributed by atoms with Crippen LogP contribution in [0.5, 0.6) is 0 Å². The summed E-state index contributed by atoms with van der Waals surface area (Å²) in [5.41, 5.74) is 1.01. The molecule has 0 fully saturated rings. The Labute approximate surface area is 226 Å². The summed E-state index contributed by atoms with van der Waals surface area (Å²) in [6, 6.07) is 7.36. The van der Waals surface area contributed by atoms with Crippen LogP contribution in [0.1, 0.15) is 22.5 Å². The predicted octanol–water partition coefficient (Wildman–Crippen LogP) is 6.71. The third-order valence-electron chi connectivity index (χ3n) is 5.47. The van der Waals surface area contributed by atoms with Gasteiger partial charge in [0.2, 0.25) is 5.82 Å². The van der Waals surface area contributed by atoms with Crippen molar-refractivity contribution in [3.63, 3.8) is 0 Å². The maximum atomic E-state index is 14.2. The molecular weight excluding hydrogens is 603 g/mol. The standard InChI is InChI=1S/C23H17BrClF5N6S/c1-10-21(11(2)36(33-10)8-13-16(26)18(28)20(30)19(29)17(13)27)31-23(37)32-22-14(24)9-35(34-22)7-12-5-3-4-6-15(12)25/h3-6,9H,7-8H2,1-2H3,(H2,31,32,34,37). The quantitative estimate of drug-likeness (QED) is 0.109. The van der Waals surface area contributed by atoms with Crippen LogP contribution < -0.4 is 10.6 Å². The molecule has 4 rings (SSSR count). The van der Waals surface area contributed by atoms with Gasteiger partial charge in [-0.05, 0) is 53.6 Å². The summed E-state index contributed by atoms with van der Waals surface area (Å²) in [5, 5.41) is 15.2. The molecule has 0 bridgehead atoms. The van der Waals surface area contributed by atoms with Crippen molar-refractivity contribution in [2.24, 2.45) is 0 Å². The van der Waals surface area contributed by atoms with Crippen LogP contribution in [-0.2, 0) is 13.1 Å². The van der Waals surface area contributed by atoms with Crippen molar-refractivity contribution in [3.05, 3.63) is 91.6 Å². The average molecular weight is 620 g/mol. The summed E-state index contributed by atoms with van der Waals surface area (Å²) in [7, 11) is 0. The maximum absolute atomic E-state index is 14.2. The number of nitrogens with zero attached hydrogens (tertiary/aromatic N) is 4. The molecule has 14 heteroatoms. The Morgan fingerprint density at radius 3 is 2.22 bits per heavy atom. The third-order valence-corrected chi connectivity index (χ3v) is 6.62. The molecule has 2 N–H and O–H groups in total. The molecule has 0 amide bonds. The van der Waals surface area contributed by atoms with Crippen molar-refractivity contribution in [3.8, 4) is 0 Å². The van der Waals surface area contributed by atoms with Crippen LogP contribution in [0, 0.1) is 42.9 Å². The Hall–Kier alpha value is -3.03. The van der Waals surface area contributed by atoms with Gasteiger partial charge in [0, 0.05) is 11.2 Å². The number of aryl methyl sites for hydroxylation is 1. The zero-order chi connectivity index (χ0) is 27.0. The van der Waals surface area contributed by atoms with E-state index in [-0.39, 0.29) is 5.11 Å². The first kappa shape index (κ1) is 27.0. The molecule has 194 valence electrons. The van der Waals surface area contributed by atoms with Gasteiger partial charge in [0.05, 0.1) is 40.2 Å². The number of nitrogens with one attached hydrogen (secondary N) is 2. The normalized spacial score (nSPS) is 11.2. The molecule has 0 saturated heterocycles. The van der Waals surface area contributed by atoms with Gasteiger partial charge in [0.25, 0.3) is 0 Å². The van der Waals surface area contributed by atoms with Gasteiger partial charge in [0.15, 0.2) is 34.2 Å². The topological polar surface area (TPSA) is 59.7 Å². The number of rotatable bonds is 6. The Morgan fingerprint density at radius 1 is 0.946 bits per heavy atom. The molecule has 6 nitrogen and oxygen atoms in total. The molecule has 0 aliphatic heterocycles. The molecule has 0 atom stereocenters. The number of halogens is 7. The summed E-state index contributed by atoms with van der Waals surface area (Å²) < 4.78 is 72.3. The molecule has 2 aromatic carbocycles. The first-order chi connectivity index (χ1) is 17.5. The molecule has 4 aromatic rings. The summed E-state index contributed by atoms with van der Waals surface area (Å²) in [5.74, 6) is -9.65. The van der Waals surface area contributed by atoms with Crippen molar-refractivity contribution in [2.45, 2.75) is 26.9 Å². The lowest BCUT2D eigenvalue weighted by Gasteiger charge is -2.11. The highest BCUT2D eigenvalue weighted by Crippen LogP contribution is 2.27. The minimum atomic E-state index is -2.22. The maximum Gasteiger partial charge on any atom is 0.200 e. The molecule has 0 spiro atoms. The molecule has 2 heterocycles. The van der Waals surface area contributed by atoms with Crippen molar-refractivity contribution in [1.82, 2.24) is 19.6 Å². The monoisotopic (exact) mass is 618 g/mol. The van der Waals surface area contributed by atoms with Gasteiger partial charge in [-0.15, -0.1) is 0 Å². The van der Waals surface area contributed by atoms with Crippen molar-refractivity contribution in [1.29, 1.82) is 0 Å². The lowest BCUT2D eigenvalue weighted by molar-refractivity contribution is 0.366. The fourth-order valence-corrected chi connectivity index (χ4v) is 4.40. The smallest absolute Gasteiger partial charge is 0.200 e. The summed E-state index contributed by atoms with van der Waals surface area (Å²) in [6.45, 7) is 2.90. The van der Waals surface area contributed by atoms with E-state index in [0.717, 1.165) is 10.2 Å². The van der Waals surface area contributed by atoms with Gasteiger partial charge < -0.3 is 10.6 Å². The van der Waals surface area contributed by atoms with E-state index in [2.05, 4.69) is 36.8 Å². The first-order valence-electron chi connectivity index (χ1n) is 10.6. The van der Waals surface area contributed by atoms with Crippen LogP contribution in [0.25, 0.3) is 0 Å². The second kappa shape index (κ2) is 10.8. The minimum Gasteiger partial charge on any atom is -0.329 e. The van der Waals surface area contributed by atoms with Gasteiger partial charge >= 0.3 is 0 Å². The van der Waals surface area contributed by atoms with Crippen LogP contribution in [-0.4, -0.2) is 24.7 Å². The fraction of sp³-hybridized carbons (Fsp3) is 0.174. The van der Waals surface area contributed by atoms with Crippen LogP contribution in [0.4, 0.5) is 33.5 Å². The lowest BCUT2D eigenvalue weighted by atomic mass is 10.1. The van der Waals surface area contributed by atoms with E-state index in [9.17, 15) is 22.0 Å². The highest BCUT2D eigenvalue weighted by Gasteiger charge is 2.27. The summed E-state index contributed by atoms with van der Waals surface area (Å²) in [4.78, 5) is 0. The minimum absolute atomic E-state index is 0.130. The Bertz CT molecular complexity index is 1490. The van der Waals surface area contributed by atoms with E-state index in [4.69, 9.17) is 23.8 Å². The Morgan fingerprint density at radius 2 is 1.57 bits per heavy atom. The van der Waals surface area contributed by atoms with Crippen molar-refractivity contribution < 1.29 is 22.0 Å². The summed E-state index contributed by atoms with van der Waals surface area (Å²) in [6.07, 6.45) is 1.74. The first-order valence-corrected chi connectivity index (χ1v) is 12.1. The number of thiocarbonyl (C=S) groups is 1. The zero-order valence-corrected chi connectivity index (χ0v) is 22.3. The Kier molecular flexibility index (Phi) is 7.85. The van der Waals surface area contributed by atoms with Crippen LogP contribution >= 0.6 is 39.7 Å². The largest absolute Gasteiger partial charge is 0.329 e. The number of benzene rings is 2. The molecule has 0 aliphatic rings. The molecule has 0 radical (unpaired) electrons. The van der Waals surface area contributed by atoms with Gasteiger partial charge in [-0.1, -0.05) is 29.8 Å². The fourth-order valence-electron chi connectivity index (χ4n) is 3.59. The van der Waals surface area contributed by atoms with Crippen molar-refractivity contribution >= 4 is 56.4 Å². The second-order valence-electron chi connectivity index (χ2n) is 7.95. The number of aromatic nitrogens is 4. The van der Waals surface area contributed by atoms with E-state index in [1.807, 2.05) is 18.2 Å². The highest BCUT2D eigenvalue weighted by atomic mass is 79.9. The van der Waals surface area contributed by atoms with Crippen LogP contribution in [0.15, 0.2) is 34.9 Å². The van der Waals surface area contributed by atoms with Crippen molar-refractivity contribution in [2.75, 3.05) is 10.6 Å². The molecule has 0 saturated carbocycles. The number of hydrogen-bond donors (Lipinski definition) is 2. The molecular formula is C23H17BrClF5N6S. The van der Waals surface area contributed by atoms with Gasteiger partial charge in [-0.3, -0.25) is 9.36 Å². The number of anilines is 2. The van der Waals surface area contributed by atoms with E-state index in [1.54, 1.807) is 30.8 Å². The molecule has 0 unspecified atom stereocenters.